The standard InChI is InChI=1S/C18H16F3NO2S/c1-13-9-10-17(14(2)12-13)25(23,24)22-11-5-7-15-6-3-4-8-16(15)18(19,20)21/h3-4,6,8-10,12,22H,11H2,1-2H3. The number of rotatable bonds is 3. The molecule has 0 spiro atoms. The van der Waals surface area contributed by atoms with E-state index in [-0.39, 0.29) is 17.0 Å². The molecule has 0 fully saturated rings. The predicted molar refractivity (Wildman–Crippen MR) is 89.4 cm³/mol. The molecule has 7 heteroatoms. The summed E-state index contributed by atoms with van der Waals surface area (Å²) in [4.78, 5) is 0.121. The van der Waals surface area contributed by atoms with E-state index >= 15 is 0 Å². The van der Waals surface area contributed by atoms with Crippen molar-refractivity contribution in [1.29, 1.82) is 0 Å². The highest BCUT2D eigenvalue weighted by atomic mass is 32.2. The minimum Gasteiger partial charge on any atom is -0.207 e. The fourth-order valence-electron chi connectivity index (χ4n) is 2.29. The first-order valence-electron chi connectivity index (χ1n) is 7.33. The average molecular weight is 367 g/mol. The molecule has 0 aliphatic heterocycles. The van der Waals surface area contributed by atoms with Crippen LogP contribution in [0.3, 0.4) is 0 Å². The lowest BCUT2D eigenvalue weighted by Crippen LogP contribution is -2.24. The smallest absolute Gasteiger partial charge is 0.207 e. The van der Waals surface area contributed by atoms with E-state index in [0.717, 1.165) is 11.6 Å². The fourth-order valence-corrected chi connectivity index (χ4v) is 3.44. The van der Waals surface area contributed by atoms with Crippen LogP contribution in [0.4, 0.5) is 13.2 Å². The molecule has 0 aromatic heterocycles. The molecule has 0 saturated heterocycles. The van der Waals surface area contributed by atoms with Crippen molar-refractivity contribution in [3.63, 3.8) is 0 Å². The van der Waals surface area contributed by atoms with E-state index in [1.54, 1.807) is 19.1 Å². The molecule has 0 saturated carbocycles. The normalized spacial score (nSPS) is 11.7. The Labute approximate surface area is 144 Å². The Morgan fingerprint density at radius 1 is 1.08 bits per heavy atom. The minimum atomic E-state index is -4.51. The molecule has 3 nitrogen and oxygen atoms in total. The van der Waals surface area contributed by atoms with Gasteiger partial charge in [0.1, 0.15) is 0 Å². The summed E-state index contributed by atoms with van der Waals surface area (Å²) in [7, 11) is -3.78. The molecule has 2 aromatic rings. The zero-order chi connectivity index (χ0) is 18.7. The second kappa shape index (κ2) is 7.30. The highest BCUT2D eigenvalue weighted by Gasteiger charge is 2.32. The first-order valence-corrected chi connectivity index (χ1v) is 8.81. The summed E-state index contributed by atoms with van der Waals surface area (Å²) in [5.74, 6) is 4.80. The van der Waals surface area contributed by atoms with Crippen molar-refractivity contribution >= 4 is 10.0 Å². The summed E-state index contributed by atoms with van der Waals surface area (Å²) in [6.07, 6.45) is -4.51. The van der Waals surface area contributed by atoms with Crippen molar-refractivity contribution < 1.29 is 21.6 Å². The van der Waals surface area contributed by atoms with E-state index in [1.165, 1.54) is 24.3 Å². The molecule has 2 aromatic carbocycles. The van der Waals surface area contributed by atoms with Crippen LogP contribution in [0.2, 0.25) is 0 Å². The lowest BCUT2D eigenvalue weighted by atomic mass is 10.1. The number of benzene rings is 2. The van der Waals surface area contributed by atoms with Crippen molar-refractivity contribution in [2.24, 2.45) is 0 Å². The van der Waals surface area contributed by atoms with Crippen molar-refractivity contribution in [2.75, 3.05) is 6.54 Å². The molecule has 1 N–H and O–H groups in total. The minimum absolute atomic E-state index is 0.121. The largest absolute Gasteiger partial charge is 0.417 e. The van der Waals surface area contributed by atoms with Gasteiger partial charge < -0.3 is 0 Å². The van der Waals surface area contributed by atoms with Crippen LogP contribution in [-0.4, -0.2) is 15.0 Å². The predicted octanol–water partition coefficient (Wildman–Crippen LogP) is 3.65. The van der Waals surface area contributed by atoms with E-state index < -0.39 is 21.8 Å². The van der Waals surface area contributed by atoms with Gasteiger partial charge in [0.2, 0.25) is 10.0 Å². The van der Waals surface area contributed by atoms with Gasteiger partial charge in [0.05, 0.1) is 17.0 Å². The van der Waals surface area contributed by atoms with Gasteiger partial charge in [-0.15, -0.1) is 0 Å². The van der Waals surface area contributed by atoms with E-state index in [4.69, 9.17) is 0 Å². The lowest BCUT2D eigenvalue weighted by molar-refractivity contribution is -0.137. The number of halogens is 3. The van der Waals surface area contributed by atoms with Crippen LogP contribution in [-0.2, 0) is 16.2 Å². The van der Waals surface area contributed by atoms with Crippen LogP contribution in [0.5, 0.6) is 0 Å². The number of alkyl halides is 3. The Hall–Kier alpha value is -2.30. The van der Waals surface area contributed by atoms with Crippen LogP contribution in [0, 0.1) is 25.7 Å². The first kappa shape index (κ1) is 19.0. The number of aryl methyl sites for hydroxylation is 2. The Morgan fingerprint density at radius 3 is 2.40 bits per heavy atom. The third-order valence-electron chi connectivity index (χ3n) is 3.43. The summed E-state index contributed by atoms with van der Waals surface area (Å²) in [6.45, 7) is 3.23. The van der Waals surface area contributed by atoms with E-state index in [0.29, 0.717) is 5.56 Å². The van der Waals surface area contributed by atoms with E-state index in [2.05, 4.69) is 16.6 Å². The zero-order valence-corrected chi connectivity index (χ0v) is 14.4. The van der Waals surface area contributed by atoms with E-state index in [1.807, 2.05) is 6.92 Å². The molecule has 0 bridgehead atoms. The molecule has 25 heavy (non-hydrogen) atoms. The number of sulfonamides is 1. The van der Waals surface area contributed by atoms with Crippen LogP contribution in [0.25, 0.3) is 0 Å². The summed E-state index contributed by atoms with van der Waals surface area (Å²) in [6, 6.07) is 9.79. The van der Waals surface area contributed by atoms with Crippen molar-refractivity contribution in [3.05, 3.63) is 64.7 Å². The molecule has 2 rings (SSSR count). The van der Waals surface area contributed by atoms with Gasteiger partial charge in [-0.3, -0.25) is 0 Å². The Balaban J connectivity index is 2.16. The van der Waals surface area contributed by atoms with Gasteiger partial charge in [0.25, 0.3) is 0 Å². The Kier molecular flexibility index (Phi) is 5.55. The molecule has 0 amide bonds. The number of hydrogen-bond donors (Lipinski definition) is 1. The van der Waals surface area contributed by atoms with Crippen molar-refractivity contribution in [2.45, 2.75) is 24.9 Å². The molecule has 0 aliphatic carbocycles. The van der Waals surface area contributed by atoms with Crippen LogP contribution < -0.4 is 4.72 Å². The van der Waals surface area contributed by atoms with Gasteiger partial charge in [0.15, 0.2) is 0 Å². The monoisotopic (exact) mass is 367 g/mol. The molecule has 0 heterocycles. The summed E-state index contributed by atoms with van der Waals surface area (Å²) in [5.41, 5.74) is 0.475. The molecule has 0 radical (unpaired) electrons. The fraction of sp³-hybridized carbons (Fsp3) is 0.222. The van der Waals surface area contributed by atoms with Gasteiger partial charge in [-0.1, -0.05) is 41.7 Å². The molecule has 0 atom stereocenters. The van der Waals surface area contributed by atoms with Gasteiger partial charge >= 0.3 is 6.18 Å². The van der Waals surface area contributed by atoms with Crippen molar-refractivity contribution in [1.82, 2.24) is 4.72 Å². The van der Waals surface area contributed by atoms with E-state index in [9.17, 15) is 21.6 Å². The van der Waals surface area contributed by atoms with Crippen molar-refractivity contribution in [3.8, 4) is 11.8 Å². The van der Waals surface area contributed by atoms with Gasteiger partial charge in [-0.2, -0.15) is 17.9 Å². The zero-order valence-electron chi connectivity index (χ0n) is 13.6. The molecule has 132 valence electrons. The second-order valence-electron chi connectivity index (χ2n) is 5.44. The first-order chi connectivity index (χ1) is 11.6. The van der Waals surface area contributed by atoms with Crippen LogP contribution in [0.15, 0.2) is 47.4 Å². The average Bonchev–Trinajstić information content (AvgIpc) is 2.50. The van der Waals surface area contributed by atoms with Gasteiger partial charge in [-0.25, -0.2) is 8.42 Å². The number of nitrogens with one attached hydrogen (secondary N) is 1. The maximum atomic E-state index is 12.9. The SMILES string of the molecule is Cc1ccc(S(=O)(=O)NCC#Cc2ccccc2C(F)(F)F)c(C)c1. The van der Waals surface area contributed by atoms with Crippen LogP contribution >= 0.6 is 0 Å². The second-order valence-corrected chi connectivity index (χ2v) is 7.17. The molecular formula is C18H16F3NO2S. The molecule has 0 aliphatic rings. The maximum absolute atomic E-state index is 12.9. The Bertz CT molecular complexity index is 939. The molecular weight excluding hydrogens is 351 g/mol. The van der Waals surface area contributed by atoms with Gasteiger partial charge in [-0.05, 0) is 37.6 Å². The Morgan fingerprint density at radius 2 is 1.76 bits per heavy atom. The molecule has 0 unspecified atom stereocenters. The maximum Gasteiger partial charge on any atom is 0.417 e. The highest BCUT2D eigenvalue weighted by molar-refractivity contribution is 7.89. The number of hydrogen-bond acceptors (Lipinski definition) is 2. The topological polar surface area (TPSA) is 46.2 Å². The summed E-state index contributed by atoms with van der Waals surface area (Å²) < 4.78 is 65.4. The highest BCUT2D eigenvalue weighted by Crippen LogP contribution is 2.31. The summed E-state index contributed by atoms with van der Waals surface area (Å²) >= 11 is 0. The summed E-state index contributed by atoms with van der Waals surface area (Å²) in [5, 5.41) is 0. The third kappa shape index (κ3) is 4.84. The quantitative estimate of drug-likeness (QED) is 0.842. The third-order valence-corrected chi connectivity index (χ3v) is 4.99. The van der Waals surface area contributed by atoms with Gasteiger partial charge in [0, 0.05) is 5.56 Å². The lowest BCUT2D eigenvalue weighted by Gasteiger charge is -2.09. The van der Waals surface area contributed by atoms with Crippen LogP contribution in [0.1, 0.15) is 22.3 Å².